The fourth-order valence-electron chi connectivity index (χ4n) is 0.327. The summed E-state index contributed by atoms with van der Waals surface area (Å²) in [4.78, 5) is 4.40. The summed E-state index contributed by atoms with van der Waals surface area (Å²) >= 11 is 0. The third-order valence-corrected chi connectivity index (χ3v) is 0.880. The zero-order chi connectivity index (χ0) is 6.62. The largest absolute Gasteiger partial charge is 1.00 e. The Morgan fingerprint density at radius 3 is 1.89 bits per heavy atom. The van der Waals surface area contributed by atoms with E-state index in [1.165, 1.54) is 0 Å². The Hall–Kier alpha value is 0.170. The van der Waals surface area contributed by atoms with E-state index in [4.69, 9.17) is 5.90 Å². The van der Waals surface area contributed by atoms with Crippen molar-refractivity contribution in [3.05, 3.63) is 0 Å². The molecule has 0 aliphatic rings. The average Bonchev–Trinajstić information content (AvgIpc) is 1.59. The van der Waals surface area contributed by atoms with E-state index in [0.29, 0.717) is 6.61 Å². The molecule has 0 aromatic rings. The summed E-state index contributed by atoms with van der Waals surface area (Å²) in [6, 6.07) is 0. The molecule has 0 aromatic heterocycles. The molecule has 9 heavy (non-hydrogen) atoms. The van der Waals surface area contributed by atoms with Crippen LogP contribution in [0.3, 0.4) is 0 Å². The van der Waals surface area contributed by atoms with Gasteiger partial charge in [0, 0.05) is 0 Å². The lowest BCUT2D eigenvalue weighted by molar-refractivity contribution is -0.870. The second kappa shape index (κ2) is 4.99. The third-order valence-electron chi connectivity index (χ3n) is 0.880. The lowest BCUT2D eigenvalue weighted by Crippen LogP contribution is -3.00. The Kier molecular flexibility index (Phi) is 6.61. The summed E-state index contributed by atoms with van der Waals surface area (Å²) in [5.41, 5.74) is 0. The molecule has 0 aliphatic heterocycles. The van der Waals surface area contributed by atoms with Gasteiger partial charge in [-0.15, -0.1) is 0 Å². The average molecular weight is 155 g/mol. The van der Waals surface area contributed by atoms with Crippen LogP contribution in [-0.4, -0.2) is 38.8 Å². The smallest absolute Gasteiger partial charge is 0.117 e. The molecule has 0 amide bonds. The molecule has 0 spiro atoms. The molecule has 0 rings (SSSR count). The molecular formula is C5H15ClN2O. The first-order valence-corrected chi connectivity index (χ1v) is 2.68. The highest BCUT2D eigenvalue weighted by Crippen LogP contribution is 1.86. The standard InChI is InChI=1S/C5H15N2O.ClH/c1-7(2,3)4-5-8-6;/h4-6H2,1-3H3;1H/q+1;/p-1. The molecule has 0 aliphatic carbocycles. The molecule has 4 heteroatoms. The van der Waals surface area contributed by atoms with Crippen molar-refractivity contribution >= 4 is 0 Å². The normalized spacial score (nSPS) is 10.7. The van der Waals surface area contributed by atoms with Crippen LogP contribution in [0.25, 0.3) is 0 Å². The second-order valence-electron chi connectivity index (χ2n) is 2.88. The first-order valence-electron chi connectivity index (χ1n) is 2.68. The molecule has 0 bridgehead atoms. The van der Waals surface area contributed by atoms with Gasteiger partial charge in [-0.05, 0) is 0 Å². The summed E-state index contributed by atoms with van der Waals surface area (Å²) in [5, 5.41) is 0. The molecule has 0 unspecified atom stereocenters. The Labute approximate surface area is 62.7 Å². The van der Waals surface area contributed by atoms with Crippen LogP contribution in [0.1, 0.15) is 0 Å². The van der Waals surface area contributed by atoms with Gasteiger partial charge < -0.3 is 16.9 Å². The lowest BCUT2D eigenvalue weighted by Gasteiger charge is -2.22. The fraction of sp³-hybridized carbons (Fsp3) is 1.00. The van der Waals surface area contributed by atoms with Crippen LogP contribution < -0.4 is 18.3 Å². The van der Waals surface area contributed by atoms with Crippen LogP contribution in [0.2, 0.25) is 0 Å². The molecule has 0 fully saturated rings. The zero-order valence-corrected chi connectivity index (χ0v) is 6.98. The quantitative estimate of drug-likeness (QED) is 0.340. The van der Waals surface area contributed by atoms with E-state index in [1.807, 2.05) is 0 Å². The van der Waals surface area contributed by atoms with E-state index in [2.05, 4.69) is 26.0 Å². The Morgan fingerprint density at radius 1 is 1.33 bits per heavy atom. The fourth-order valence-corrected chi connectivity index (χ4v) is 0.327. The molecule has 0 radical (unpaired) electrons. The molecule has 58 valence electrons. The first-order chi connectivity index (χ1) is 3.56. The van der Waals surface area contributed by atoms with Crippen molar-refractivity contribution in [2.75, 3.05) is 34.3 Å². The number of quaternary nitrogens is 1. The van der Waals surface area contributed by atoms with Crippen molar-refractivity contribution in [3.63, 3.8) is 0 Å². The molecule has 0 saturated carbocycles. The van der Waals surface area contributed by atoms with Gasteiger partial charge in [-0.3, -0.25) is 4.84 Å². The van der Waals surface area contributed by atoms with Gasteiger partial charge in [0.25, 0.3) is 0 Å². The first kappa shape index (κ1) is 11.9. The topological polar surface area (TPSA) is 35.2 Å². The summed E-state index contributed by atoms with van der Waals surface area (Å²) in [5.74, 6) is 4.83. The van der Waals surface area contributed by atoms with Crippen LogP contribution in [-0.2, 0) is 4.84 Å². The predicted molar refractivity (Wildman–Crippen MR) is 33.0 cm³/mol. The second-order valence-corrected chi connectivity index (χ2v) is 2.88. The maximum atomic E-state index is 4.83. The van der Waals surface area contributed by atoms with Crippen molar-refractivity contribution in [1.29, 1.82) is 0 Å². The third kappa shape index (κ3) is 11.6. The van der Waals surface area contributed by atoms with E-state index < -0.39 is 0 Å². The van der Waals surface area contributed by atoms with Crippen molar-refractivity contribution in [2.45, 2.75) is 0 Å². The van der Waals surface area contributed by atoms with E-state index in [0.717, 1.165) is 11.0 Å². The molecule has 0 aromatic carbocycles. The van der Waals surface area contributed by atoms with Gasteiger partial charge in [-0.25, -0.2) is 5.90 Å². The highest BCUT2D eigenvalue weighted by atomic mass is 35.5. The summed E-state index contributed by atoms with van der Waals surface area (Å²) in [7, 11) is 6.29. The minimum absolute atomic E-state index is 0. The van der Waals surface area contributed by atoms with Gasteiger partial charge in [0.15, 0.2) is 0 Å². The van der Waals surface area contributed by atoms with Crippen LogP contribution in [0.5, 0.6) is 0 Å². The molecule has 3 nitrogen and oxygen atoms in total. The van der Waals surface area contributed by atoms with Gasteiger partial charge >= 0.3 is 0 Å². The van der Waals surface area contributed by atoms with Crippen molar-refractivity contribution in [3.8, 4) is 0 Å². The molecule has 0 heterocycles. The van der Waals surface area contributed by atoms with E-state index in [1.54, 1.807) is 0 Å². The Balaban J connectivity index is 0. The highest BCUT2D eigenvalue weighted by molar-refractivity contribution is 4.21. The van der Waals surface area contributed by atoms with E-state index in [-0.39, 0.29) is 12.4 Å². The Bertz CT molecular complexity index is 62.5. The van der Waals surface area contributed by atoms with Crippen LogP contribution in [0, 0.1) is 0 Å². The van der Waals surface area contributed by atoms with Gasteiger partial charge in [-0.1, -0.05) is 0 Å². The maximum absolute atomic E-state index is 4.83. The summed E-state index contributed by atoms with van der Waals surface area (Å²) < 4.78 is 0.900. The van der Waals surface area contributed by atoms with Crippen molar-refractivity contribution in [1.82, 2.24) is 0 Å². The number of likely N-dealkylation sites (N-methyl/N-ethyl adjacent to an activating group) is 1. The summed E-state index contributed by atoms with van der Waals surface area (Å²) in [6.07, 6.45) is 0. The minimum atomic E-state index is 0. The minimum Gasteiger partial charge on any atom is -1.00 e. The van der Waals surface area contributed by atoms with E-state index in [9.17, 15) is 0 Å². The van der Waals surface area contributed by atoms with Crippen LogP contribution >= 0.6 is 0 Å². The molecule has 2 N–H and O–H groups in total. The Morgan fingerprint density at radius 2 is 1.78 bits per heavy atom. The van der Waals surface area contributed by atoms with Crippen molar-refractivity contribution in [2.24, 2.45) is 5.90 Å². The number of nitrogens with two attached hydrogens (primary N) is 1. The number of hydrogen-bond acceptors (Lipinski definition) is 2. The summed E-state index contributed by atoms with van der Waals surface area (Å²) in [6.45, 7) is 1.58. The number of nitrogens with zero attached hydrogens (tertiary/aromatic N) is 1. The number of halogens is 1. The molecule has 0 saturated heterocycles. The molecular weight excluding hydrogens is 140 g/mol. The van der Waals surface area contributed by atoms with Crippen LogP contribution in [0.15, 0.2) is 0 Å². The predicted octanol–water partition coefficient (Wildman–Crippen LogP) is -3.41. The lowest BCUT2D eigenvalue weighted by atomic mass is 10.5. The maximum Gasteiger partial charge on any atom is 0.117 e. The number of hydrogen-bond donors (Lipinski definition) is 1. The van der Waals surface area contributed by atoms with Crippen LogP contribution in [0.4, 0.5) is 0 Å². The number of rotatable bonds is 3. The van der Waals surface area contributed by atoms with Gasteiger partial charge in [0.2, 0.25) is 0 Å². The van der Waals surface area contributed by atoms with E-state index >= 15 is 0 Å². The monoisotopic (exact) mass is 154 g/mol. The highest BCUT2D eigenvalue weighted by Gasteiger charge is 2.03. The van der Waals surface area contributed by atoms with Gasteiger partial charge in [-0.2, -0.15) is 0 Å². The SMILES string of the molecule is C[N+](C)(C)CCON.[Cl-]. The zero-order valence-electron chi connectivity index (χ0n) is 6.22. The van der Waals surface area contributed by atoms with Gasteiger partial charge in [0.1, 0.15) is 13.2 Å². The van der Waals surface area contributed by atoms with Crippen molar-refractivity contribution < 1.29 is 21.7 Å². The molecule has 0 atom stereocenters. The van der Waals surface area contributed by atoms with Gasteiger partial charge in [0.05, 0.1) is 21.1 Å².